The second kappa shape index (κ2) is 6.02. The Morgan fingerprint density at radius 2 is 2.10 bits per heavy atom. The van der Waals surface area contributed by atoms with E-state index in [1.807, 2.05) is 13.8 Å². The molecule has 1 aromatic heterocycles. The van der Waals surface area contributed by atoms with Crippen molar-refractivity contribution in [3.8, 4) is 0 Å². The second-order valence-electron chi connectivity index (χ2n) is 4.97. The molecule has 1 aromatic rings. The Hall–Kier alpha value is -1.25. The van der Waals surface area contributed by atoms with Gasteiger partial charge in [-0.25, -0.2) is 18.4 Å². The van der Waals surface area contributed by atoms with Crippen LogP contribution >= 0.6 is 0 Å². The summed E-state index contributed by atoms with van der Waals surface area (Å²) in [5.74, 6) is 0.521. The summed E-state index contributed by atoms with van der Waals surface area (Å²) >= 11 is 0. The molecule has 2 N–H and O–H groups in total. The molecule has 0 amide bonds. The van der Waals surface area contributed by atoms with Gasteiger partial charge in [-0.1, -0.05) is 6.92 Å². The second-order valence-corrected chi connectivity index (χ2v) is 6.91. The molecule has 2 heterocycles. The highest BCUT2D eigenvalue weighted by atomic mass is 32.2. The van der Waals surface area contributed by atoms with E-state index in [1.54, 1.807) is 0 Å². The van der Waals surface area contributed by atoms with Crippen molar-refractivity contribution in [3.05, 3.63) is 12.4 Å². The van der Waals surface area contributed by atoms with Crippen molar-refractivity contribution >= 4 is 16.0 Å². The fourth-order valence-corrected chi connectivity index (χ4v) is 3.45. The molecule has 1 saturated heterocycles. The summed E-state index contributed by atoms with van der Waals surface area (Å²) in [6, 6.07) is 0. The van der Waals surface area contributed by atoms with E-state index in [-0.39, 0.29) is 17.4 Å². The van der Waals surface area contributed by atoms with E-state index in [1.165, 1.54) is 16.7 Å². The van der Waals surface area contributed by atoms with Crippen molar-refractivity contribution < 1.29 is 13.5 Å². The standard InChI is InChI=1S/C12H20N4O3S/c1-3-13-12-14-6-10(7-15-12)20(18,19)16-5-4-9(2)11(17)8-16/h6-7,9,11,17H,3-5,8H2,1-2H3,(H,13,14,15). The highest BCUT2D eigenvalue weighted by molar-refractivity contribution is 7.89. The summed E-state index contributed by atoms with van der Waals surface area (Å²) < 4.78 is 26.1. The number of piperidine rings is 1. The molecule has 20 heavy (non-hydrogen) atoms. The third-order valence-corrected chi connectivity index (χ3v) is 5.30. The molecule has 0 bridgehead atoms. The van der Waals surface area contributed by atoms with Gasteiger partial charge in [0.15, 0.2) is 0 Å². The van der Waals surface area contributed by atoms with Gasteiger partial charge in [-0.3, -0.25) is 0 Å². The van der Waals surface area contributed by atoms with Crippen LogP contribution in [-0.4, -0.2) is 53.5 Å². The normalized spacial score (nSPS) is 24.6. The molecule has 1 fully saturated rings. The molecule has 1 aliphatic rings. The third kappa shape index (κ3) is 3.08. The van der Waals surface area contributed by atoms with Gasteiger partial charge in [-0.2, -0.15) is 4.31 Å². The van der Waals surface area contributed by atoms with Crippen molar-refractivity contribution in [3.63, 3.8) is 0 Å². The van der Waals surface area contributed by atoms with Crippen LogP contribution in [0.5, 0.6) is 0 Å². The van der Waals surface area contributed by atoms with Crippen LogP contribution in [0.1, 0.15) is 20.3 Å². The predicted molar refractivity (Wildman–Crippen MR) is 74.7 cm³/mol. The first kappa shape index (κ1) is 15.1. The molecule has 2 unspecified atom stereocenters. The number of nitrogens with zero attached hydrogens (tertiary/aromatic N) is 3. The van der Waals surface area contributed by atoms with E-state index in [2.05, 4.69) is 15.3 Å². The molecule has 8 heteroatoms. The van der Waals surface area contributed by atoms with Crippen LogP contribution in [-0.2, 0) is 10.0 Å². The zero-order chi connectivity index (χ0) is 14.8. The number of aliphatic hydroxyl groups excluding tert-OH is 1. The number of aliphatic hydroxyl groups is 1. The van der Waals surface area contributed by atoms with E-state index in [9.17, 15) is 13.5 Å². The lowest BCUT2D eigenvalue weighted by atomic mass is 9.98. The maximum absolute atomic E-state index is 12.4. The highest BCUT2D eigenvalue weighted by Gasteiger charge is 2.33. The Kier molecular flexibility index (Phi) is 4.56. The smallest absolute Gasteiger partial charge is 0.246 e. The summed E-state index contributed by atoms with van der Waals surface area (Å²) in [6.45, 7) is 5.03. The van der Waals surface area contributed by atoms with E-state index in [4.69, 9.17) is 0 Å². The minimum absolute atomic E-state index is 0.0564. The van der Waals surface area contributed by atoms with Gasteiger partial charge in [0, 0.05) is 19.6 Å². The van der Waals surface area contributed by atoms with Gasteiger partial charge < -0.3 is 10.4 Å². The fraction of sp³-hybridized carbons (Fsp3) is 0.667. The number of nitrogens with one attached hydrogen (secondary N) is 1. The van der Waals surface area contributed by atoms with Crippen LogP contribution < -0.4 is 5.32 Å². The molecule has 2 atom stereocenters. The molecule has 7 nitrogen and oxygen atoms in total. The van der Waals surface area contributed by atoms with Gasteiger partial charge in [0.1, 0.15) is 4.90 Å². The SMILES string of the molecule is CCNc1ncc(S(=O)(=O)N2CCC(C)C(O)C2)cn1. The lowest BCUT2D eigenvalue weighted by Gasteiger charge is -2.33. The average Bonchev–Trinajstić information content (AvgIpc) is 2.43. The maximum Gasteiger partial charge on any atom is 0.246 e. The molecular formula is C12H20N4O3S. The van der Waals surface area contributed by atoms with Crippen LogP contribution in [0.4, 0.5) is 5.95 Å². The lowest BCUT2D eigenvalue weighted by molar-refractivity contribution is 0.0605. The van der Waals surface area contributed by atoms with Crippen LogP contribution in [0.2, 0.25) is 0 Å². The highest BCUT2D eigenvalue weighted by Crippen LogP contribution is 2.23. The van der Waals surface area contributed by atoms with Gasteiger partial charge in [-0.05, 0) is 19.3 Å². The monoisotopic (exact) mass is 300 g/mol. The molecule has 0 spiro atoms. The van der Waals surface area contributed by atoms with Crippen LogP contribution in [0.25, 0.3) is 0 Å². The third-order valence-electron chi connectivity index (χ3n) is 3.48. The van der Waals surface area contributed by atoms with Gasteiger partial charge in [-0.15, -0.1) is 0 Å². The zero-order valence-corrected chi connectivity index (χ0v) is 12.5. The van der Waals surface area contributed by atoms with Gasteiger partial charge in [0.25, 0.3) is 0 Å². The molecule has 0 radical (unpaired) electrons. The van der Waals surface area contributed by atoms with Crippen LogP contribution in [0.15, 0.2) is 17.3 Å². The number of hydrogen-bond donors (Lipinski definition) is 2. The number of rotatable bonds is 4. The molecule has 1 aliphatic heterocycles. The van der Waals surface area contributed by atoms with Gasteiger partial charge >= 0.3 is 0 Å². The van der Waals surface area contributed by atoms with E-state index in [0.717, 1.165) is 0 Å². The number of hydrogen-bond acceptors (Lipinski definition) is 6. The van der Waals surface area contributed by atoms with E-state index in [0.29, 0.717) is 25.5 Å². The first-order chi connectivity index (χ1) is 9.45. The maximum atomic E-state index is 12.4. The molecule has 0 saturated carbocycles. The van der Waals surface area contributed by atoms with Crippen molar-refractivity contribution in [1.29, 1.82) is 0 Å². The Labute approximate surface area is 119 Å². The van der Waals surface area contributed by atoms with Gasteiger partial charge in [0.05, 0.1) is 18.5 Å². The van der Waals surface area contributed by atoms with Crippen molar-refractivity contribution in [2.24, 2.45) is 5.92 Å². The zero-order valence-electron chi connectivity index (χ0n) is 11.7. The number of aromatic nitrogens is 2. The Morgan fingerprint density at radius 3 is 2.65 bits per heavy atom. The molecular weight excluding hydrogens is 280 g/mol. The fourth-order valence-electron chi connectivity index (χ4n) is 2.09. The quantitative estimate of drug-likeness (QED) is 0.830. The Balaban J connectivity index is 2.17. The summed E-state index contributed by atoms with van der Waals surface area (Å²) in [4.78, 5) is 8.00. The molecule has 112 valence electrons. The first-order valence-corrected chi connectivity index (χ1v) is 8.13. The van der Waals surface area contributed by atoms with E-state index < -0.39 is 16.1 Å². The minimum atomic E-state index is -3.63. The van der Waals surface area contributed by atoms with Crippen LogP contribution in [0, 0.1) is 5.92 Å². The molecule has 0 aromatic carbocycles. The minimum Gasteiger partial charge on any atom is -0.391 e. The Morgan fingerprint density at radius 1 is 1.45 bits per heavy atom. The van der Waals surface area contributed by atoms with Crippen LogP contribution in [0.3, 0.4) is 0 Å². The first-order valence-electron chi connectivity index (χ1n) is 6.69. The average molecular weight is 300 g/mol. The number of anilines is 1. The number of β-amino-alcohol motifs (C(OH)–C–C–N with tert-alkyl or cyclic N) is 1. The van der Waals surface area contributed by atoms with Crippen molar-refractivity contribution in [1.82, 2.24) is 14.3 Å². The van der Waals surface area contributed by atoms with E-state index >= 15 is 0 Å². The molecule has 2 rings (SSSR count). The predicted octanol–water partition coefficient (Wildman–Crippen LogP) is 0.300. The topological polar surface area (TPSA) is 95.4 Å². The summed E-state index contributed by atoms with van der Waals surface area (Å²) in [7, 11) is -3.63. The summed E-state index contributed by atoms with van der Waals surface area (Å²) in [6.07, 6.45) is 2.62. The van der Waals surface area contributed by atoms with Gasteiger partial charge in [0.2, 0.25) is 16.0 Å². The summed E-state index contributed by atoms with van der Waals surface area (Å²) in [5, 5.41) is 12.7. The largest absolute Gasteiger partial charge is 0.391 e. The van der Waals surface area contributed by atoms with Crippen molar-refractivity contribution in [2.75, 3.05) is 25.0 Å². The molecule has 0 aliphatic carbocycles. The Bertz CT molecular complexity index is 546. The summed E-state index contributed by atoms with van der Waals surface area (Å²) in [5.41, 5.74) is 0. The lowest BCUT2D eigenvalue weighted by Crippen LogP contribution is -2.45. The van der Waals surface area contributed by atoms with Crippen molar-refractivity contribution in [2.45, 2.75) is 31.3 Å². The number of sulfonamides is 1.